The Morgan fingerprint density at radius 1 is 1.03 bits per heavy atom. The number of hydrogen-bond acceptors (Lipinski definition) is 6. The zero-order valence-electron chi connectivity index (χ0n) is 22.5. The average molecular weight is 539 g/mol. The summed E-state index contributed by atoms with van der Waals surface area (Å²) in [6.07, 6.45) is 3.72. The predicted octanol–water partition coefficient (Wildman–Crippen LogP) is 3.53. The first kappa shape index (κ1) is 25.8. The van der Waals surface area contributed by atoms with E-state index in [2.05, 4.69) is 30.7 Å². The van der Waals surface area contributed by atoms with Gasteiger partial charge in [-0.1, -0.05) is 32.9 Å². The first-order valence-electron chi connectivity index (χ1n) is 13.8. The second-order valence-corrected chi connectivity index (χ2v) is 14.2. The minimum atomic E-state index is -3.51. The highest BCUT2D eigenvalue weighted by atomic mass is 32.2. The molecule has 0 N–H and O–H groups in total. The molecule has 1 amide bonds. The number of sulfonamides is 1. The Kier molecular flexibility index (Phi) is 6.52. The number of fused-ring (bicyclic) bond motifs is 1. The lowest BCUT2D eigenvalue weighted by Gasteiger charge is -2.29. The highest BCUT2D eigenvalue weighted by molar-refractivity contribution is 7.89. The van der Waals surface area contributed by atoms with E-state index in [0.717, 1.165) is 43.0 Å². The van der Waals surface area contributed by atoms with Gasteiger partial charge >= 0.3 is 0 Å². The van der Waals surface area contributed by atoms with Gasteiger partial charge in [-0.05, 0) is 65.8 Å². The van der Waals surface area contributed by atoms with Crippen LogP contribution in [0.1, 0.15) is 39.2 Å². The standard InChI is InChI=1S/C29H38N4O4S/c1-29(2,3)21-6-9-23(10-7-21)38(35,36)32-17-24-25(18-32)26(24)19-33(28(34)20-4-5-20)22-8-11-27(30-16-22)31-12-14-37-15-13-31/h6-11,16,20,24-26H,4-5,12-15,17-19H2,1-3H3. The summed E-state index contributed by atoms with van der Waals surface area (Å²) >= 11 is 0. The lowest BCUT2D eigenvalue weighted by Crippen LogP contribution is -2.38. The fraction of sp³-hybridized carbons (Fsp3) is 0.586. The number of morpholine rings is 1. The summed E-state index contributed by atoms with van der Waals surface area (Å²) in [6.45, 7) is 11.1. The smallest absolute Gasteiger partial charge is 0.243 e. The van der Waals surface area contributed by atoms with Crippen molar-refractivity contribution in [2.45, 2.75) is 43.9 Å². The van der Waals surface area contributed by atoms with Crippen LogP contribution in [-0.2, 0) is 25.0 Å². The van der Waals surface area contributed by atoms with Gasteiger partial charge in [0.05, 0.1) is 30.0 Å². The molecule has 1 aromatic heterocycles. The quantitative estimate of drug-likeness (QED) is 0.537. The maximum atomic E-state index is 13.3. The predicted molar refractivity (Wildman–Crippen MR) is 147 cm³/mol. The highest BCUT2D eigenvalue weighted by Crippen LogP contribution is 2.53. The second kappa shape index (κ2) is 9.61. The summed E-state index contributed by atoms with van der Waals surface area (Å²) in [4.78, 5) is 22.4. The normalized spacial score (nSPS) is 25.8. The van der Waals surface area contributed by atoms with Crippen molar-refractivity contribution in [3.63, 3.8) is 0 Å². The lowest BCUT2D eigenvalue weighted by molar-refractivity contribution is -0.119. The van der Waals surface area contributed by atoms with E-state index in [1.807, 2.05) is 35.4 Å². The summed E-state index contributed by atoms with van der Waals surface area (Å²) in [5, 5.41) is 0. The average Bonchev–Trinajstić information content (AvgIpc) is 3.83. The van der Waals surface area contributed by atoms with Gasteiger partial charge in [0.15, 0.2) is 0 Å². The largest absolute Gasteiger partial charge is 0.378 e. The monoisotopic (exact) mass is 538 g/mol. The second-order valence-electron chi connectivity index (χ2n) is 12.3. The number of piperidine rings is 1. The van der Waals surface area contributed by atoms with Crippen molar-refractivity contribution in [2.75, 3.05) is 55.7 Å². The minimum absolute atomic E-state index is 0.0209. The van der Waals surface area contributed by atoms with E-state index in [1.54, 1.807) is 16.4 Å². The van der Waals surface area contributed by atoms with Crippen LogP contribution >= 0.6 is 0 Å². The van der Waals surface area contributed by atoms with Crippen molar-refractivity contribution >= 4 is 27.4 Å². The van der Waals surface area contributed by atoms with E-state index in [1.165, 1.54) is 0 Å². The van der Waals surface area contributed by atoms with Crippen molar-refractivity contribution in [2.24, 2.45) is 23.7 Å². The van der Waals surface area contributed by atoms with Crippen LogP contribution in [-0.4, -0.2) is 69.6 Å². The van der Waals surface area contributed by atoms with Crippen LogP contribution < -0.4 is 9.80 Å². The van der Waals surface area contributed by atoms with Gasteiger partial charge in [0.2, 0.25) is 15.9 Å². The summed E-state index contributed by atoms with van der Waals surface area (Å²) in [7, 11) is -3.51. The number of amides is 1. The van der Waals surface area contributed by atoms with Gasteiger partial charge in [0.1, 0.15) is 5.82 Å². The van der Waals surface area contributed by atoms with Crippen molar-refractivity contribution in [1.82, 2.24) is 9.29 Å². The van der Waals surface area contributed by atoms with Crippen LogP contribution in [0.2, 0.25) is 0 Å². The van der Waals surface area contributed by atoms with E-state index >= 15 is 0 Å². The molecule has 8 nitrogen and oxygen atoms in total. The molecule has 2 saturated carbocycles. The van der Waals surface area contributed by atoms with Crippen LogP contribution in [0.5, 0.6) is 0 Å². The van der Waals surface area contributed by atoms with Gasteiger partial charge in [0.25, 0.3) is 0 Å². The fourth-order valence-electron chi connectivity index (χ4n) is 5.96. The number of aromatic nitrogens is 1. The molecule has 2 unspecified atom stereocenters. The maximum Gasteiger partial charge on any atom is 0.243 e. The number of benzene rings is 1. The Bertz CT molecular complexity index is 1270. The Balaban J connectivity index is 1.11. The van der Waals surface area contributed by atoms with E-state index in [9.17, 15) is 13.2 Å². The SMILES string of the molecule is CC(C)(C)c1ccc(S(=O)(=O)N2CC3C(CN(C(=O)C4CC4)c4ccc(N5CCOCC5)nc4)C3C2)cc1. The molecule has 9 heteroatoms. The molecule has 2 aromatic rings. The maximum absolute atomic E-state index is 13.3. The van der Waals surface area contributed by atoms with Crippen LogP contribution in [0.3, 0.4) is 0 Å². The molecule has 38 heavy (non-hydrogen) atoms. The van der Waals surface area contributed by atoms with Crippen molar-refractivity contribution in [1.29, 1.82) is 0 Å². The van der Waals surface area contributed by atoms with Crippen LogP contribution in [0.4, 0.5) is 11.5 Å². The van der Waals surface area contributed by atoms with E-state index < -0.39 is 10.0 Å². The zero-order chi connectivity index (χ0) is 26.7. The molecular weight excluding hydrogens is 500 g/mol. The summed E-state index contributed by atoms with van der Waals surface area (Å²) in [6, 6.07) is 11.3. The highest BCUT2D eigenvalue weighted by Gasteiger charge is 2.58. The number of hydrogen-bond donors (Lipinski definition) is 0. The number of ether oxygens (including phenoxy) is 1. The van der Waals surface area contributed by atoms with Crippen molar-refractivity contribution < 1.29 is 17.9 Å². The summed E-state index contributed by atoms with van der Waals surface area (Å²) in [5.74, 6) is 2.13. The third-order valence-electron chi connectivity index (χ3n) is 8.66. The van der Waals surface area contributed by atoms with E-state index in [-0.39, 0.29) is 17.2 Å². The number of carbonyl (C=O) groups excluding carboxylic acids is 1. The number of nitrogens with zero attached hydrogens (tertiary/aromatic N) is 4. The Hall–Kier alpha value is -2.49. The molecule has 204 valence electrons. The fourth-order valence-corrected chi connectivity index (χ4v) is 7.47. The molecule has 2 aliphatic carbocycles. The number of carbonyl (C=O) groups is 1. The minimum Gasteiger partial charge on any atom is -0.378 e. The first-order chi connectivity index (χ1) is 18.1. The first-order valence-corrected chi connectivity index (χ1v) is 15.3. The molecule has 0 spiro atoms. The molecule has 4 fully saturated rings. The molecule has 0 radical (unpaired) electrons. The van der Waals surface area contributed by atoms with E-state index in [0.29, 0.717) is 55.5 Å². The molecule has 4 aliphatic rings. The van der Waals surface area contributed by atoms with Gasteiger partial charge in [-0.25, -0.2) is 13.4 Å². The zero-order valence-corrected chi connectivity index (χ0v) is 23.4. The van der Waals surface area contributed by atoms with Gasteiger partial charge in [-0.2, -0.15) is 4.31 Å². The number of rotatable bonds is 7. The third kappa shape index (κ3) is 4.96. The topological polar surface area (TPSA) is 83.1 Å². The summed E-state index contributed by atoms with van der Waals surface area (Å²) < 4.78 is 33.7. The number of pyridine rings is 1. The van der Waals surface area contributed by atoms with Gasteiger partial charge in [-0.15, -0.1) is 0 Å². The third-order valence-corrected chi connectivity index (χ3v) is 10.5. The molecule has 2 saturated heterocycles. The lowest BCUT2D eigenvalue weighted by atomic mass is 9.87. The van der Waals surface area contributed by atoms with Gasteiger partial charge in [0, 0.05) is 38.6 Å². The molecule has 6 rings (SSSR count). The van der Waals surface area contributed by atoms with Gasteiger partial charge < -0.3 is 14.5 Å². The molecule has 2 aliphatic heterocycles. The Labute approximate surface area is 226 Å². The van der Waals surface area contributed by atoms with E-state index in [4.69, 9.17) is 4.74 Å². The van der Waals surface area contributed by atoms with Crippen LogP contribution in [0.15, 0.2) is 47.5 Å². The van der Waals surface area contributed by atoms with Gasteiger partial charge in [-0.3, -0.25) is 4.79 Å². The molecule has 2 atom stereocenters. The molecule has 3 heterocycles. The van der Waals surface area contributed by atoms with Crippen molar-refractivity contribution in [3.05, 3.63) is 48.2 Å². The Morgan fingerprint density at radius 2 is 1.68 bits per heavy atom. The number of anilines is 2. The van der Waals surface area contributed by atoms with Crippen molar-refractivity contribution in [3.8, 4) is 0 Å². The molecule has 0 bridgehead atoms. The summed E-state index contributed by atoms with van der Waals surface area (Å²) in [5.41, 5.74) is 1.94. The van der Waals surface area contributed by atoms with Crippen LogP contribution in [0, 0.1) is 23.7 Å². The Morgan fingerprint density at radius 3 is 2.24 bits per heavy atom. The molecular formula is C29H38N4O4S. The van der Waals surface area contributed by atoms with Crippen LogP contribution in [0.25, 0.3) is 0 Å². The molecule has 1 aromatic carbocycles.